The Kier molecular flexibility index (Phi) is 3.81. The second kappa shape index (κ2) is 5.61. The summed E-state index contributed by atoms with van der Waals surface area (Å²) < 4.78 is 0. The summed E-state index contributed by atoms with van der Waals surface area (Å²) >= 11 is 0. The summed E-state index contributed by atoms with van der Waals surface area (Å²) in [5.74, 6) is 0. The van der Waals surface area contributed by atoms with Crippen LogP contribution in [-0.4, -0.2) is 10.1 Å². The van der Waals surface area contributed by atoms with Crippen molar-refractivity contribution in [3.05, 3.63) is 53.9 Å². The van der Waals surface area contributed by atoms with Crippen LogP contribution in [0.1, 0.15) is 51.2 Å². The predicted molar refractivity (Wildman–Crippen MR) is 87.0 cm³/mol. The van der Waals surface area contributed by atoms with Crippen LogP contribution in [0.25, 0.3) is 10.8 Å². The van der Waals surface area contributed by atoms with Crippen LogP contribution in [-0.2, 0) is 0 Å². The van der Waals surface area contributed by atoms with Crippen molar-refractivity contribution in [1.29, 1.82) is 0 Å². The monoisotopic (exact) mass is 281 g/mol. The van der Waals surface area contributed by atoms with Gasteiger partial charge in [-0.1, -0.05) is 38.5 Å². The molecule has 0 radical (unpaired) electrons. The minimum Gasteiger partial charge on any atom is -0.384 e. The van der Waals surface area contributed by atoms with Gasteiger partial charge < -0.3 is 5.11 Å². The Bertz CT molecular complexity index is 672. The van der Waals surface area contributed by atoms with Crippen molar-refractivity contribution in [2.75, 3.05) is 0 Å². The van der Waals surface area contributed by atoms with Crippen LogP contribution in [0.5, 0.6) is 0 Å². The SMILES string of the molecule is CC1(C)CCCCC=C1C(O)c1ccc2cnccc2c1. The van der Waals surface area contributed by atoms with E-state index in [0.29, 0.717) is 0 Å². The molecule has 0 saturated carbocycles. The topological polar surface area (TPSA) is 33.1 Å². The molecule has 1 unspecified atom stereocenters. The molecule has 0 bridgehead atoms. The van der Waals surface area contributed by atoms with E-state index >= 15 is 0 Å². The van der Waals surface area contributed by atoms with E-state index in [0.717, 1.165) is 29.2 Å². The summed E-state index contributed by atoms with van der Waals surface area (Å²) in [6, 6.07) is 8.16. The largest absolute Gasteiger partial charge is 0.384 e. The highest BCUT2D eigenvalue weighted by Crippen LogP contribution is 2.42. The van der Waals surface area contributed by atoms with E-state index in [2.05, 4.69) is 31.0 Å². The van der Waals surface area contributed by atoms with Crippen LogP contribution in [0, 0.1) is 5.41 Å². The Balaban J connectivity index is 1.98. The van der Waals surface area contributed by atoms with Crippen LogP contribution < -0.4 is 0 Å². The second-order valence-corrected chi connectivity index (χ2v) is 6.67. The maximum atomic E-state index is 10.9. The third kappa shape index (κ3) is 2.86. The quantitative estimate of drug-likeness (QED) is 0.802. The molecular weight excluding hydrogens is 258 g/mol. The lowest BCUT2D eigenvalue weighted by molar-refractivity contribution is 0.180. The molecule has 21 heavy (non-hydrogen) atoms. The van der Waals surface area contributed by atoms with Crippen molar-refractivity contribution in [2.45, 2.75) is 45.6 Å². The van der Waals surface area contributed by atoms with Crippen LogP contribution in [0.3, 0.4) is 0 Å². The highest BCUT2D eigenvalue weighted by Gasteiger charge is 2.30. The highest BCUT2D eigenvalue weighted by atomic mass is 16.3. The maximum Gasteiger partial charge on any atom is 0.101 e. The number of aliphatic hydroxyl groups excluding tert-OH is 1. The van der Waals surface area contributed by atoms with Gasteiger partial charge in [0.1, 0.15) is 6.10 Å². The maximum absolute atomic E-state index is 10.9. The first-order valence-electron chi connectivity index (χ1n) is 7.80. The van der Waals surface area contributed by atoms with Crippen LogP contribution in [0.2, 0.25) is 0 Å². The van der Waals surface area contributed by atoms with Crippen molar-refractivity contribution in [2.24, 2.45) is 5.41 Å². The van der Waals surface area contributed by atoms with E-state index in [1.165, 1.54) is 18.4 Å². The molecule has 3 rings (SSSR count). The standard InChI is InChI=1S/C19H23NO/c1-19(2)10-5-3-4-6-17(19)18(21)15-7-8-16-13-20-11-9-14(16)12-15/h6-9,11-13,18,21H,3-5,10H2,1-2H3. The molecule has 1 aliphatic rings. The molecule has 0 aliphatic heterocycles. The highest BCUT2D eigenvalue weighted by molar-refractivity contribution is 5.82. The van der Waals surface area contributed by atoms with E-state index in [1.54, 1.807) is 6.20 Å². The first-order valence-corrected chi connectivity index (χ1v) is 7.80. The van der Waals surface area contributed by atoms with Gasteiger partial charge >= 0.3 is 0 Å². The minimum absolute atomic E-state index is 0.0725. The average molecular weight is 281 g/mol. The Morgan fingerprint density at radius 2 is 2.00 bits per heavy atom. The molecule has 110 valence electrons. The van der Waals surface area contributed by atoms with Gasteiger partial charge in [0.2, 0.25) is 0 Å². The van der Waals surface area contributed by atoms with Gasteiger partial charge in [-0.25, -0.2) is 0 Å². The van der Waals surface area contributed by atoms with Crippen molar-refractivity contribution in [3.63, 3.8) is 0 Å². The van der Waals surface area contributed by atoms with Gasteiger partial charge in [0, 0.05) is 17.8 Å². The minimum atomic E-state index is -0.504. The molecule has 2 heteroatoms. The number of pyridine rings is 1. The smallest absolute Gasteiger partial charge is 0.101 e. The summed E-state index contributed by atoms with van der Waals surface area (Å²) in [5, 5.41) is 13.1. The van der Waals surface area contributed by atoms with E-state index < -0.39 is 6.10 Å². The number of nitrogens with zero attached hydrogens (tertiary/aromatic N) is 1. The summed E-state index contributed by atoms with van der Waals surface area (Å²) in [6.45, 7) is 4.50. The first kappa shape index (κ1) is 14.3. The summed E-state index contributed by atoms with van der Waals surface area (Å²) in [5.41, 5.74) is 2.23. The Hall–Kier alpha value is -1.67. The van der Waals surface area contributed by atoms with Gasteiger partial charge in [0.25, 0.3) is 0 Å². The van der Waals surface area contributed by atoms with Gasteiger partial charge in [-0.15, -0.1) is 0 Å². The fourth-order valence-electron chi connectivity index (χ4n) is 3.32. The Labute approximate surface area is 126 Å². The number of aliphatic hydroxyl groups is 1. The zero-order valence-electron chi connectivity index (χ0n) is 12.8. The number of hydrogen-bond donors (Lipinski definition) is 1. The average Bonchev–Trinajstić information content (AvgIpc) is 2.66. The van der Waals surface area contributed by atoms with E-state index in [-0.39, 0.29) is 5.41 Å². The van der Waals surface area contributed by atoms with E-state index in [9.17, 15) is 5.11 Å². The van der Waals surface area contributed by atoms with Gasteiger partial charge in [0.05, 0.1) is 0 Å². The van der Waals surface area contributed by atoms with Crippen LogP contribution in [0.4, 0.5) is 0 Å². The fraction of sp³-hybridized carbons (Fsp3) is 0.421. The first-order chi connectivity index (χ1) is 10.1. The molecular formula is C19H23NO. The Morgan fingerprint density at radius 1 is 1.14 bits per heavy atom. The van der Waals surface area contributed by atoms with Crippen molar-refractivity contribution >= 4 is 10.8 Å². The van der Waals surface area contributed by atoms with Crippen molar-refractivity contribution in [1.82, 2.24) is 4.98 Å². The molecule has 2 aromatic rings. The van der Waals surface area contributed by atoms with Crippen molar-refractivity contribution < 1.29 is 5.11 Å². The lowest BCUT2D eigenvalue weighted by atomic mass is 9.77. The third-order valence-corrected chi connectivity index (χ3v) is 4.68. The summed E-state index contributed by atoms with van der Waals surface area (Å²) in [4.78, 5) is 4.14. The summed E-state index contributed by atoms with van der Waals surface area (Å²) in [7, 11) is 0. The predicted octanol–water partition coefficient (Wildman–Crippen LogP) is 4.79. The molecule has 0 spiro atoms. The summed E-state index contributed by atoms with van der Waals surface area (Å²) in [6.07, 6.45) is 10.1. The van der Waals surface area contributed by atoms with Crippen LogP contribution in [0.15, 0.2) is 48.3 Å². The van der Waals surface area contributed by atoms with E-state index in [4.69, 9.17) is 0 Å². The molecule has 1 aliphatic carbocycles. The van der Waals surface area contributed by atoms with Gasteiger partial charge in [0.15, 0.2) is 0 Å². The number of aromatic nitrogens is 1. The van der Waals surface area contributed by atoms with E-state index in [1.807, 2.05) is 24.4 Å². The molecule has 1 atom stereocenters. The zero-order valence-corrected chi connectivity index (χ0v) is 12.8. The zero-order chi connectivity index (χ0) is 14.9. The number of hydrogen-bond acceptors (Lipinski definition) is 2. The fourth-order valence-corrected chi connectivity index (χ4v) is 3.32. The van der Waals surface area contributed by atoms with Crippen molar-refractivity contribution in [3.8, 4) is 0 Å². The lowest BCUT2D eigenvalue weighted by Gasteiger charge is -2.30. The number of rotatable bonds is 2. The lowest BCUT2D eigenvalue weighted by Crippen LogP contribution is -2.19. The molecule has 0 saturated heterocycles. The molecule has 1 aromatic heterocycles. The normalized spacial score (nSPS) is 19.9. The number of fused-ring (bicyclic) bond motifs is 1. The molecule has 1 N–H and O–H groups in total. The van der Waals surface area contributed by atoms with Gasteiger partial charge in [-0.05, 0) is 53.3 Å². The van der Waals surface area contributed by atoms with Gasteiger partial charge in [-0.3, -0.25) is 4.98 Å². The molecule has 1 heterocycles. The number of allylic oxidation sites excluding steroid dienone is 1. The second-order valence-electron chi connectivity index (χ2n) is 6.67. The number of benzene rings is 1. The molecule has 2 nitrogen and oxygen atoms in total. The molecule has 0 fully saturated rings. The van der Waals surface area contributed by atoms with Gasteiger partial charge in [-0.2, -0.15) is 0 Å². The van der Waals surface area contributed by atoms with Crippen LogP contribution >= 0.6 is 0 Å². The molecule has 1 aromatic carbocycles. The third-order valence-electron chi connectivity index (χ3n) is 4.68. The molecule has 0 amide bonds. The Morgan fingerprint density at radius 3 is 2.86 bits per heavy atom.